The average molecular weight is 378 g/mol. The van der Waals surface area contributed by atoms with Crippen molar-refractivity contribution in [1.29, 1.82) is 0 Å². The molecule has 0 fully saturated rings. The fourth-order valence-electron chi connectivity index (χ4n) is 3.27. The van der Waals surface area contributed by atoms with Gasteiger partial charge in [-0.2, -0.15) is 5.10 Å². The van der Waals surface area contributed by atoms with Crippen molar-refractivity contribution in [1.82, 2.24) is 25.0 Å². The standard InChI is InChI=1S/C23H18N6/c1-16-20-14-18(15-24-23(20)29(28-16)19-10-6-3-7-11-19)25-22-13-12-21(26-27-22)17-8-4-2-5-9-17/h2-15H,1H3,(H,25,27). The Labute approximate surface area is 167 Å². The van der Waals surface area contributed by atoms with Crippen LogP contribution in [0.3, 0.4) is 0 Å². The number of benzene rings is 2. The molecule has 6 heteroatoms. The monoisotopic (exact) mass is 378 g/mol. The first-order chi connectivity index (χ1) is 14.3. The van der Waals surface area contributed by atoms with Gasteiger partial charge in [-0.05, 0) is 37.3 Å². The van der Waals surface area contributed by atoms with Gasteiger partial charge in [-0.25, -0.2) is 9.67 Å². The number of hydrogen-bond donors (Lipinski definition) is 1. The summed E-state index contributed by atoms with van der Waals surface area (Å²) in [6, 6.07) is 25.9. The Balaban J connectivity index is 1.43. The van der Waals surface area contributed by atoms with Crippen LogP contribution >= 0.6 is 0 Å². The van der Waals surface area contributed by atoms with Crippen molar-refractivity contribution in [3.63, 3.8) is 0 Å². The van der Waals surface area contributed by atoms with E-state index in [2.05, 4.69) is 25.6 Å². The fraction of sp³-hybridized carbons (Fsp3) is 0.0435. The van der Waals surface area contributed by atoms with Crippen molar-refractivity contribution in [3.8, 4) is 16.9 Å². The highest BCUT2D eigenvalue weighted by Gasteiger charge is 2.11. The largest absolute Gasteiger partial charge is 0.337 e. The van der Waals surface area contributed by atoms with Crippen LogP contribution in [-0.2, 0) is 0 Å². The van der Waals surface area contributed by atoms with E-state index in [1.165, 1.54) is 0 Å². The lowest BCUT2D eigenvalue weighted by Gasteiger charge is -2.07. The first-order valence-corrected chi connectivity index (χ1v) is 9.35. The average Bonchev–Trinajstić information content (AvgIpc) is 3.11. The van der Waals surface area contributed by atoms with E-state index in [9.17, 15) is 0 Å². The van der Waals surface area contributed by atoms with Gasteiger partial charge in [0, 0.05) is 10.9 Å². The number of nitrogens with one attached hydrogen (secondary N) is 1. The van der Waals surface area contributed by atoms with Crippen LogP contribution in [0.15, 0.2) is 85.1 Å². The summed E-state index contributed by atoms with van der Waals surface area (Å²) in [5.41, 5.74) is 5.45. The number of aryl methyl sites for hydroxylation is 1. The third-order valence-corrected chi connectivity index (χ3v) is 4.71. The number of pyridine rings is 1. The molecule has 6 nitrogen and oxygen atoms in total. The summed E-state index contributed by atoms with van der Waals surface area (Å²) in [4.78, 5) is 4.63. The highest BCUT2D eigenvalue weighted by molar-refractivity contribution is 5.83. The van der Waals surface area contributed by atoms with E-state index in [-0.39, 0.29) is 0 Å². The first-order valence-electron chi connectivity index (χ1n) is 9.35. The van der Waals surface area contributed by atoms with Crippen LogP contribution in [-0.4, -0.2) is 25.0 Å². The van der Waals surface area contributed by atoms with Gasteiger partial charge in [-0.1, -0.05) is 48.5 Å². The molecular formula is C23H18N6. The lowest BCUT2D eigenvalue weighted by atomic mass is 10.1. The van der Waals surface area contributed by atoms with Crippen molar-refractivity contribution in [2.75, 3.05) is 5.32 Å². The molecular weight excluding hydrogens is 360 g/mol. The van der Waals surface area contributed by atoms with Crippen LogP contribution in [0.1, 0.15) is 5.69 Å². The van der Waals surface area contributed by atoms with Gasteiger partial charge >= 0.3 is 0 Å². The molecule has 0 amide bonds. The third kappa shape index (κ3) is 3.32. The fourth-order valence-corrected chi connectivity index (χ4v) is 3.27. The maximum atomic E-state index is 4.65. The van der Waals surface area contributed by atoms with Crippen molar-refractivity contribution in [2.24, 2.45) is 0 Å². The molecule has 1 N–H and O–H groups in total. The van der Waals surface area contributed by atoms with E-state index >= 15 is 0 Å². The molecule has 3 aromatic heterocycles. The Morgan fingerprint density at radius 3 is 2.31 bits per heavy atom. The minimum Gasteiger partial charge on any atom is -0.337 e. The van der Waals surface area contributed by atoms with Gasteiger partial charge in [-0.3, -0.25) is 0 Å². The zero-order valence-corrected chi connectivity index (χ0v) is 15.8. The molecule has 2 aromatic carbocycles. The SMILES string of the molecule is Cc1nn(-c2ccccc2)c2ncc(Nc3ccc(-c4ccccc4)nn3)cc12. The molecule has 140 valence electrons. The maximum Gasteiger partial charge on any atom is 0.163 e. The summed E-state index contributed by atoms with van der Waals surface area (Å²) in [6.07, 6.45) is 1.79. The molecule has 0 saturated carbocycles. The summed E-state index contributed by atoms with van der Waals surface area (Å²) in [5.74, 6) is 0.666. The quantitative estimate of drug-likeness (QED) is 0.480. The molecule has 0 bridgehead atoms. The van der Waals surface area contributed by atoms with Gasteiger partial charge in [0.05, 0.1) is 29.0 Å². The van der Waals surface area contributed by atoms with Gasteiger partial charge in [0.1, 0.15) is 0 Å². The lowest BCUT2D eigenvalue weighted by Crippen LogP contribution is -1.99. The van der Waals surface area contributed by atoms with Crippen LogP contribution in [0.2, 0.25) is 0 Å². The van der Waals surface area contributed by atoms with Gasteiger partial charge < -0.3 is 5.32 Å². The summed E-state index contributed by atoms with van der Waals surface area (Å²) < 4.78 is 1.86. The maximum absolute atomic E-state index is 4.65. The Bertz CT molecular complexity index is 1260. The van der Waals surface area contributed by atoms with Crippen LogP contribution in [0.4, 0.5) is 11.5 Å². The molecule has 0 saturated heterocycles. The summed E-state index contributed by atoms with van der Waals surface area (Å²) in [7, 11) is 0. The Kier molecular flexibility index (Phi) is 4.22. The zero-order chi connectivity index (χ0) is 19.6. The number of nitrogens with zero attached hydrogens (tertiary/aromatic N) is 5. The molecule has 0 unspecified atom stereocenters. The van der Waals surface area contributed by atoms with E-state index < -0.39 is 0 Å². The number of rotatable bonds is 4. The Hall–Kier alpha value is -4.06. The molecule has 0 aliphatic heterocycles. The minimum atomic E-state index is 0.666. The van der Waals surface area contributed by atoms with Crippen LogP contribution in [0.25, 0.3) is 28.0 Å². The third-order valence-electron chi connectivity index (χ3n) is 4.71. The van der Waals surface area contributed by atoms with E-state index in [0.717, 1.165) is 39.4 Å². The number of para-hydroxylation sites is 1. The number of fused-ring (bicyclic) bond motifs is 1. The molecule has 0 aliphatic carbocycles. The van der Waals surface area contributed by atoms with Crippen molar-refractivity contribution >= 4 is 22.5 Å². The van der Waals surface area contributed by atoms with Crippen LogP contribution in [0.5, 0.6) is 0 Å². The van der Waals surface area contributed by atoms with Crippen molar-refractivity contribution < 1.29 is 0 Å². The Morgan fingerprint density at radius 1 is 0.828 bits per heavy atom. The van der Waals surface area contributed by atoms with E-state index in [4.69, 9.17) is 0 Å². The minimum absolute atomic E-state index is 0.666. The second-order valence-electron chi connectivity index (χ2n) is 6.72. The van der Waals surface area contributed by atoms with E-state index in [0.29, 0.717) is 5.82 Å². The van der Waals surface area contributed by atoms with Gasteiger partial charge in [0.15, 0.2) is 11.5 Å². The molecule has 0 radical (unpaired) electrons. The summed E-state index contributed by atoms with van der Waals surface area (Å²) >= 11 is 0. The van der Waals surface area contributed by atoms with E-state index in [1.807, 2.05) is 90.5 Å². The molecule has 5 aromatic rings. The van der Waals surface area contributed by atoms with Crippen LogP contribution in [0, 0.1) is 6.92 Å². The second kappa shape index (κ2) is 7.16. The van der Waals surface area contributed by atoms with Gasteiger partial charge in [0.2, 0.25) is 0 Å². The van der Waals surface area contributed by atoms with E-state index in [1.54, 1.807) is 6.20 Å². The summed E-state index contributed by atoms with van der Waals surface area (Å²) in [5, 5.41) is 17.5. The van der Waals surface area contributed by atoms with Crippen LogP contribution < -0.4 is 5.32 Å². The first kappa shape index (κ1) is 17.1. The zero-order valence-electron chi connectivity index (χ0n) is 15.8. The second-order valence-corrected chi connectivity index (χ2v) is 6.72. The smallest absolute Gasteiger partial charge is 0.163 e. The predicted octanol–water partition coefficient (Wildman–Crippen LogP) is 4.93. The molecule has 0 atom stereocenters. The van der Waals surface area contributed by atoms with Crippen molar-refractivity contribution in [2.45, 2.75) is 6.92 Å². The molecule has 29 heavy (non-hydrogen) atoms. The predicted molar refractivity (Wildman–Crippen MR) is 114 cm³/mol. The topological polar surface area (TPSA) is 68.5 Å². The highest BCUT2D eigenvalue weighted by atomic mass is 15.3. The summed E-state index contributed by atoms with van der Waals surface area (Å²) in [6.45, 7) is 1.99. The van der Waals surface area contributed by atoms with Gasteiger partial charge in [-0.15, -0.1) is 10.2 Å². The molecule has 5 rings (SSSR count). The lowest BCUT2D eigenvalue weighted by molar-refractivity contribution is 0.878. The highest BCUT2D eigenvalue weighted by Crippen LogP contribution is 2.24. The normalized spacial score (nSPS) is 10.9. The molecule has 0 aliphatic rings. The number of anilines is 2. The molecule has 0 spiro atoms. The molecule has 3 heterocycles. The van der Waals surface area contributed by atoms with Gasteiger partial charge in [0.25, 0.3) is 0 Å². The Morgan fingerprint density at radius 2 is 1.59 bits per heavy atom. The number of aromatic nitrogens is 5. The number of hydrogen-bond acceptors (Lipinski definition) is 5. The van der Waals surface area contributed by atoms with Crippen molar-refractivity contribution in [3.05, 3.63) is 90.8 Å².